The van der Waals surface area contributed by atoms with E-state index in [4.69, 9.17) is 0 Å². The number of benzene rings is 1. The van der Waals surface area contributed by atoms with Crippen molar-refractivity contribution in [3.8, 4) is 0 Å². The molecule has 2 fully saturated rings. The number of carbonyl (C=O) groups excluding carboxylic acids is 1. The van der Waals surface area contributed by atoms with Crippen molar-refractivity contribution >= 4 is 5.91 Å². The number of rotatable bonds is 5. The average molecular weight is 314 g/mol. The minimum atomic E-state index is 0.233. The molecule has 1 saturated carbocycles. The molecule has 23 heavy (non-hydrogen) atoms. The molecule has 1 saturated heterocycles. The van der Waals surface area contributed by atoms with Crippen molar-refractivity contribution in [1.29, 1.82) is 0 Å². The maximum Gasteiger partial charge on any atom is 0.223 e. The molecule has 3 heteroatoms. The van der Waals surface area contributed by atoms with Gasteiger partial charge >= 0.3 is 0 Å². The molecule has 1 aromatic carbocycles. The first-order valence-corrected chi connectivity index (χ1v) is 9.18. The normalized spacial score (nSPS) is 25.8. The number of hydrogen-bond acceptors (Lipinski definition) is 2. The largest absolute Gasteiger partial charge is 0.352 e. The zero-order valence-electron chi connectivity index (χ0n) is 14.6. The van der Waals surface area contributed by atoms with Gasteiger partial charge < -0.3 is 5.32 Å². The number of amides is 1. The van der Waals surface area contributed by atoms with Gasteiger partial charge in [0.05, 0.1) is 0 Å². The first kappa shape index (κ1) is 16.5. The van der Waals surface area contributed by atoms with Crippen molar-refractivity contribution in [3.63, 3.8) is 0 Å². The van der Waals surface area contributed by atoms with Crippen LogP contribution in [-0.2, 0) is 17.9 Å². The van der Waals surface area contributed by atoms with E-state index < -0.39 is 0 Å². The standard InChI is InChI=1S/C20H30N2O/c1-15-10-16(2)13-22(12-15)14-18-8-6-17(7-9-18)11-21-20(23)19-4-3-5-19/h6-9,15-16,19H,3-5,10-14H2,1-2H3,(H,21,23)/t15-,16+. The number of nitrogens with one attached hydrogen (secondary N) is 1. The van der Waals surface area contributed by atoms with Crippen molar-refractivity contribution in [2.75, 3.05) is 13.1 Å². The third kappa shape index (κ3) is 4.57. The summed E-state index contributed by atoms with van der Waals surface area (Å²) >= 11 is 0. The zero-order chi connectivity index (χ0) is 16.2. The molecule has 0 spiro atoms. The minimum Gasteiger partial charge on any atom is -0.352 e. The topological polar surface area (TPSA) is 32.3 Å². The van der Waals surface area contributed by atoms with E-state index in [-0.39, 0.29) is 11.8 Å². The second-order valence-corrected chi connectivity index (χ2v) is 7.80. The fraction of sp³-hybridized carbons (Fsp3) is 0.650. The van der Waals surface area contributed by atoms with Crippen LogP contribution in [-0.4, -0.2) is 23.9 Å². The Balaban J connectivity index is 1.47. The Kier molecular flexibility index (Phi) is 5.37. The molecule has 1 N–H and O–H groups in total. The third-order valence-corrected chi connectivity index (χ3v) is 5.32. The first-order valence-electron chi connectivity index (χ1n) is 9.18. The Bertz CT molecular complexity index is 511. The lowest BCUT2D eigenvalue weighted by Gasteiger charge is -2.35. The van der Waals surface area contributed by atoms with Crippen molar-refractivity contribution in [1.82, 2.24) is 10.2 Å². The second kappa shape index (κ2) is 7.48. The lowest BCUT2D eigenvalue weighted by Crippen LogP contribution is -2.38. The molecule has 1 amide bonds. The molecule has 1 aliphatic carbocycles. The van der Waals surface area contributed by atoms with Crippen LogP contribution < -0.4 is 5.32 Å². The van der Waals surface area contributed by atoms with E-state index in [0.29, 0.717) is 6.54 Å². The minimum absolute atomic E-state index is 0.233. The highest BCUT2D eigenvalue weighted by Gasteiger charge is 2.24. The zero-order valence-corrected chi connectivity index (χ0v) is 14.6. The third-order valence-electron chi connectivity index (χ3n) is 5.32. The Morgan fingerprint density at radius 1 is 1.09 bits per heavy atom. The van der Waals surface area contributed by atoms with Crippen LogP contribution in [0.1, 0.15) is 50.7 Å². The summed E-state index contributed by atoms with van der Waals surface area (Å²) in [5.41, 5.74) is 2.57. The van der Waals surface area contributed by atoms with Crippen molar-refractivity contribution < 1.29 is 4.79 Å². The van der Waals surface area contributed by atoms with Gasteiger partial charge in [0.25, 0.3) is 0 Å². The maximum atomic E-state index is 11.9. The number of carbonyl (C=O) groups is 1. The summed E-state index contributed by atoms with van der Waals surface area (Å²) in [7, 11) is 0. The Morgan fingerprint density at radius 3 is 2.26 bits per heavy atom. The predicted molar refractivity (Wildman–Crippen MR) is 93.9 cm³/mol. The fourth-order valence-electron chi connectivity index (χ4n) is 3.95. The fourth-order valence-corrected chi connectivity index (χ4v) is 3.95. The summed E-state index contributed by atoms with van der Waals surface area (Å²) in [6.07, 6.45) is 4.70. The van der Waals surface area contributed by atoms with Gasteiger partial charge in [-0.05, 0) is 42.2 Å². The molecule has 1 heterocycles. The molecule has 1 aliphatic heterocycles. The Hall–Kier alpha value is -1.35. The van der Waals surface area contributed by atoms with Gasteiger partial charge in [-0.1, -0.05) is 44.5 Å². The molecule has 1 aromatic rings. The predicted octanol–water partition coefficient (Wildman–Crippen LogP) is 3.58. The summed E-state index contributed by atoms with van der Waals surface area (Å²) in [6.45, 7) is 8.84. The molecule has 2 aliphatic rings. The van der Waals surface area contributed by atoms with Gasteiger partial charge in [-0.25, -0.2) is 0 Å². The van der Waals surface area contributed by atoms with Crippen molar-refractivity contribution in [3.05, 3.63) is 35.4 Å². The number of likely N-dealkylation sites (tertiary alicyclic amines) is 1. The maximum absolute atomic E-state index is 11.9. The molecule has 126 valence electrons. The highest BCUT2D eigenvalue weighted by Crippen LogP contribution is 2.26. The Labute approximate surface area is 140 Å². The Morgan fingerprint density at radius 2 is 1.70 bits per heavy atom. The van der Waals surface area contributed by atoms with Gasteiger partial charge in [0, 0.05) is 32.1 Å². The highest BCUT2D eigenvalue weighted by atomic mass is 16.1. The molecular weight excluding hydrogens is 284 g/mol. The van der Waals surface area contributed by atoms with Gasteiger partial charge in [-0.15, -0.1) is 0 Å². The lowest BCUT2D eigenvalue weighted by atomic mass is 9.85. The van der Waals surface area contributed by atoms with Gasteiger partial charge in [0.1, 0.15) is 0 Å². The smallest absolute Gasteiger partial charge is 0.223 e. The summed E-state index contributed by atoms with van der Waals surface area (Å²) < 4.78 is 0. The van der Waals surface area contributed by atoms with Crippen LogP contribution in [0.5, 0.6) is 0 Å². The molecule has 2 atom stereocenters. The number of nitrogens with zero attached hydrogens (tertiary/aromatic N) is 1. The highest BCUT2D eigenvalue weighted by molar-refractivity contribution is 5.79. The van der Waals surface area contributed by atoms with Crippen LogP contribution in [0.2, 0.25) is 0 Å². The molecule has 3 nitrogen and oxygen atoms in total. The van der Waals surface area contributed by atoms with Crippen LogP contribution in [0.15, 0.2) is 24.3 Å². The van der Waals surface area contributed by atoms with E-state index in [1.54, 1.807) is 0 Å². The summed E-state index contributed by atoms with van der Waals surface area (Å²) in [6, 6.07) is 8.75. The molecular formula is C20H30N2O. The van der Waals surface area contributed by atoms with E-state index in [0.717, 1.165) is 31.2 Å². The van der Waals surface area contributed by atoms with Crippen LogP contribution in [0.25, 0.3) is 0 Å². The van der Waals surface area contributed by atoms with Gasteiger partial charge in [0.15, 0.2) is 0 Å². The van der Waals surface area contributed by atoms with Crippen LogP contribution in [0.4, 0.5) is 0 Å². The van der Waals surface area contributed by atoms with Gasteiger partial charge in [0.2, 0.25) is 5.91 Å². The van der Waals surface area contributed by atoms with Crippen molar-refractivity contribution in [2.45, 2.75) is 52.6 Å². The average Bonchev–Trinajstić information content (AvgIpc) is 2.43. The van der Waals surface area contributed by atoms with Gasteiger partial charge in [-0.2, -0.15) is 0 Å². The summed E-state index contributed by atoms with van der Waals surface area (Å²) in [4.78, 5) is 14.4. The SMILES string of the molecule is C[C@@H]1C[C@H](C)CN(Cc2ccc(CNC(=O)C3CCC3)cc2)C1. The lowest BCUT2D eigenvalue weighted by molar-refractivity contribution is -0.127. The van der Waals surface area contributed by atoms with E-state index >= 15 is 0 Å². The van der Waals surface area contributed by atoms with Crippen LogP contribution >= 0.6 is 0 Å². The van der Waals surface area contributed by atoms with Crippen LogP contribution in [0, 0.1) is 17.8 Å². The van der Waals surface area contributed by atoms with Crippen LogP contribution in [0.3, 0.4) is 0 Å². The van der Waals surface area contributed by atoms with E-state index in [2.05, 4.69) is 48.3 Å². The van der Waals surface area contributed by atoms with Gasteiger partial charge in [-0.3, -0.25) is 9.69 Å². The van der Waals surface area contributed by atoms with E-state index in [1.807, 2.05) is 0 Å². The summed E-state index contributed by atoms with van der Waals surface area (Å²) in [5.74, 6) is 2.12. The molecule has 0 aromatic heterocycles. The van der Waals surface area contributed by atoms with E-state index in [9.17, 15) is 4.79 Å². The quantitative estimate of drug-likeness (QED) is 0.901. The number of piperidine rings is 1. The second-order valence-electron chi connectivity index (χ2n) is 7.80. The monoisotopic (exact) mass is 314 g/mol. The first-order chi connectivity index (χ1) is 11.1. The molecule has 0 radical (unpaired) electrons. The van der Waals surface area contributed by atoms with Crippen molar-refractivity contribution in [2.24, 2.45) is 17.8 Å². The molecule has 0 unspecified atom stereocenters. The molecule has 0 bridgehead atoms. The van der Waals surface area contributed by atoms with E-state index in [1.165, 1.54) is 37.1 Å². The molecule has 3 rings (SSSR count). The number of hydrogen-bond donors (Lipinski definition) is 1. The summed E-state index contributed by atoms with van der Waals surface area (Å²) in [5, 5.41) is 3.06.